The maximum Gasteiger partial charge on any atom is 0.417 e. The lowest BCUT2D eigenvalue weighted by Crippen LogP contribution is -2.83. The molecule has 3 fully saturated rings. The molecule has 4 aliphatic rings. The summed E-state index contributed by atoms with van der Waals surface area (Å²) >= 11 is 6.86. The van der Waals surface area contributed by atoms with Gasteiger partial charge in [0.2, 0.25) is 0 Å². The van der Waals surface area contributed by atoms with Gasteiger partial charge < -0.3 is 30.2 Å². The molecule has 51 heavy (non-hydrogen) atoms. The molecule has 0 radical (unpaired) electrons. The molecule has 11 nitrogen and oxygen atoms in total. The number of hydrogen-bond donors (Lipinski definition) is 3. The SMILES string of the molecule is COC(C(=N)/C(Cl)=C1/CN(c2nc(OCC34CCCN3C/C(=C\F)C4)nc3c2CO[C@H](c2cc(N)cc(C)c2C(F)(F)F)C3)CCC[NH2+]1)N(C)C. The summed E-state index contributed by atoms with van der Waals surface area (Å²) in [5.74, 6) is 0.532. The Labute approximate surface area is 300 Å². The van der Waals surface area contributed by atoms with Gasteiger partial charge in [0, 0.05) is 44.3 Å². The van der Waals surface area contributed by atoms with E-state index in [0.29, 0.717) is 56.0 Å². The first kappa shape index (κ1) is 37.4. The molecular formula is C35H46ClF4N8O3+. The Morgan fingerprint density at radius 1 is 1.25 bits per heavy atom. The number of methoxy groups -OCH3 is 1. The van der Waals surface area contributed by atoms with Gasteiger partial charge in [-0.25, -0.2) is 4.39 Å². The van der Waals surface area contributed by atoms with Crippen molar-refractivity contribution in [2.75, 3.05) is 71.2 Å². The summed E-state index contributed by atoms with van der Waals surface area (Å²) in [5.41, 5.74) is 7.82. The van der Waals surface area contributed by atoms with E-state index in [-0.39, 0.29) is 58.7 Å². The predicted molar refractivity (Wildman–Crippen MR) is 185 cm³/mol. The van der Waals surface area contributed by atoms with Gasteiger partial charge in [0.1, 0.15) is 23.2 Å². The Hall–Kier alpha value is -3.34. The number of halogens is 5. The molecule has 16 heteroatoms. The van der Waals surface area contributed by atoms with E-state index in [4.69, 9.17) is 46.9 Å². The number of aryl methyl sites for hydroxylation is 1. The van der Waals surface area contributed by atoms with E-state index >= 15 is 0 Å². The van der Waals surface area contributed by atoms with E-state index in [1.165, 1.54) is 26.2 Å². The van der Waals surface area contributed by atoms with Crippen LogP contribution in [0.2, 0.25) is 0 Å². The third-order valence-electron chi connectivity index (χ3n) is 10.3. The molecule has 3 atom stereocenters. The third-order valence-corrected chi connectivity index (χ3v) is 10.8. The van der Waals surface area contributed by atoms with E-state index in [9.17, 15) is 17.6 Å². The van der Waals surface area contributed by atoms with Crippen molar-refractivity contribution in [1.82, 2.24) is 19.8 Å². The minimum absolute atomic E-state index is 0.0190. The molecule has 5 N–H and O–H groups in total. The average molecular weight is 738 g/mol. The Kier molecular flexibility index (Phi) is 11.0. The second-order valence-electron chi connectivity index (χ2n) is 14.1. The number of quaternary nitrogens is 1. The topological polar surface area (TPSA) is 130 Å². The molecule has 0 bridgehead atoms. The number of ether oxygens (including phenoxy) is 3. The third kappa shape index (κ3) is 7.60. The summed E-state index contributed by atoms with van der Waals surface area (Å²) in [5, 5.41) is 11.1. The number of nitrogens with zero attached hydrogens (tertiary/aromatic N) is 5. The average Bonchev–Trinajstić information content (AvgIpc) is 3.52. The van der Waals surface area contributed by atoms with Crippen LogP contribution in [-0.2, 0) is 28.7 Å². The monoisotopic (exact) mass is 737 g/mol. The molecule has 2 aromatic rings. The molecule has 3 saturated heterocycles. The van der Waals surface area contributed by atoms with Crippen LogP contribution < -0.4 is 20.7 Å². The lowest BCUT2D eigenvalue weighted by Gasteiger charge is -2.33. The molecule has 1 aromatic carbocycles. The van der Waals surface area contributed by atoms with Crippen LogP contribution in [0.3, 0.4) is 0 Å². The van der Waals surface area contributed by atoms with Crippen LogP contribution in [0, 0.1) is 12.3 Å². The summed E-state index contributed by atoms with van der Waals surface area (Å²) in [6, 6.07) is 2.73. The van der Waals surface area contributed by atoms with Crippen molar-refractivity contribution >= 4 is 28.8 Å². The van der Waals surface area contributed by atoms with Crippen molar-refractivity contribution in [1.29, 1.82) is 5.41 Å². The minimum atomic E-state index is -4.62. The Morgan fingerprint density at radius 2 is 2.04 bits per heavy atom. The Morgan fingerprint density at radius 3 is 2.75 bits per heavy atom. The van der Waals surface area contributed by atoms with E-state index in [1.54, 1.807) is 19.0 Å². The molecule has 4 aliphatic heterocycles. The fourth-order valence-corrected chi connectivity index (χ4v) is 8.24. The number of nitrogens with two attached hydrogens (primary N) is 2. The van der Waals surface area contributed by atoms with Crippen molar-refractivity contribution in [3.8, 4) is 6.01 Å². The molecule has 1 aromatic heterocycles. The first-order valence-corrected chi connectivity index (χ1v) is 17.5. The number of nitrogens with one attached hydrogen (secondary N) is 1. The van der Waals surface area contributed by atoms with Crippen molar-refractivity contribution in [3.63, 3.8) is 0 Å². The number of aromatic nitrogens is 2. The number of fused-ring (bicyclic) bond motifs is 2. The van der Waals surface area contributed by atoms with Gasteiger partial charge in [-0.05, 0) is 75.7 Å². The molecular weight excluding hydrogens is 692 g/mol. The highest BCUT2D eigenvalue weighted by molar-refractivity contribution is 6.43. The lowest BCUT2D eigenvalue weighted by molar-refractivity contribution is -0.605. The first-order chi connectivity index (χ1) is 24.2. The second-order valence-corrected chi connectivity index (χ2v) is 14.5. The number of benzene rings is 1. The van der Waals surface area contributed by atoms with Gasteiger partial charge in [0.25, 0.3) is 0 Å². The van der Waals surface area contributed by atoms with E-state index in [0.717, 1.165) is 37.1 Å². The maximum absolute atomic E-state index is 14.4. The smallest absolute Gasteiger partial charge is 0.417 e. The van der Waals surface area contributed by atoms with Crippen molar-refractivity contribution in [2.24, 2.45) is 0 Å². The van der Waals surface area contributed by atoms with Gasteiger partial charge in [0.15, 0.2) is 6.23 Å². The molecule has 278 valence electrons. The molecule has 6 rings (SSSR count). The molecule has 0 spiro atoms. The van der Waals surface area contributed by atoms with Gasteiger partial charge in [-0.15, -0.1) is 0 Å². The highest BCUT2D eigenvalue weighted by atomic mass is 35.5. The summed E-state index contributed by atoms with van der Waals surface area (Å²) in [4.78, 5) is 15.7. The van der Waals surface area contributed by atoms with Crippen LogP contribution in [0.25, 0.3) is 0 Å². The standard InChI is InChI=1S/C35H45ClF4N8O3/c1-20-11-22(41)12-23(28(20)35(38,39)40)27-13-25-24(18-50-27)31(45-33(44-25)51-19-34-7-5-10-48(34)16-21(14-34)15-37)47-9-6-8-43-26(17-47)29(36)30(42)32(49-4)46(2)3/h11-12,15,27,32,42-43H,5-10,13-14,16-19,41H2,1-4H3/p+1/b21-15-,29-26+,42-30?/t27-,32?,34?/m0/s1. The molecule has 0 aliphatic carbocycles. The minimum Gasteiger partial charge on any atom is -0.461 e. The predicted octanol–water partition coefficient (Wildman–Crippen LogP) is 4.45. The fraction of sp³-hybridized carbons (Fsp3) is 0.571. The van der Waals surface area contributed by atoms with Gasteiger partial charge >= 0.3 is 12.2 Å². The van der Waals surface area contributed by atoms with E-state index < -0.39 is 24.1 Å². The van der Waals surface area contributed by atoms with Crippen LogP contribution in [0.4, 0.5) is 29.1 Å². The lowest BCUT2D eigenvalue weighted by atomic mass is 9.92. The van der Waals surface area contributed by atoms with Gasteiger partial charge in [0.05, 0.1) is 54.6 Å². The van der Waals surface area contributed by atoms with Gasteiger partial charge in [-0.3, -0.25) is 15.2 Å². The number of rotatable bonds is 9. The zero-order valence-corrected chi connectivity index (χ0v) is 30.1. The van der Waals surface area contributed by atoms with Crippen molar-refractivity contribution < 1.29 is 37.1 Å². The number of alkyl halides is 3. The molecule has 0 saturated carbocycles. The van der Waals surface area contributed by atoms with Crippen molar-refractivity contribution in [3.05, 3.63) is 62.7 Å². The zero-order valence-electron chi connectivity index (χ0n) is 29.4. The molecule has 2 unspecified atom stereocenters. The Balaban J connectivity index is 1.38. The highest BCUT2D eigenvalue weighted by Crippen LogP contribution is 2.44. The van der Waals surface area contributed by atoms with Crippen molar-refractivity contribution in [2.45, 2.75) is 69.7 Å². The number of hydrogen-bond acceptors (Lipinski definition) is 10. The number of anilines is 2. The maximum atomic E-state index is 14.4. The quantitative estimate of drug-likeness (QED) is 0.148. The van der Waals surface area contributed by atoms with E-state index in [2.05, 4.69) is 4.90 Å². The zero-order chi connectivity index (χ0) is 36.7. The van der Waals surface area contributed by atoms with Crippen LogP contribution in [0.5, 0.6) is 6.01 Å². The number of nitrogen functional groups attached to an aromatic ring is 1. The van der Waals surface area contributed by atoms with Crippen LogP contribution in [-0.4, -0.2) is 97.8 Å². The van der Waals surface area contributed by atoms with Gasteiger partial charge in [-0.2, -0.15) is 23.1 Å². The Bertz CT molecular complexity index is 1720. The second kappa shape index (κ2) is 15.0. The summed E-state index contributed by atoms with van der Waals surface area (Å²) in [6.07, 6.45) is -2.42. The molecule has 5 heterocycles. The summed E-state index contributed by atoms with van der Waals surface area (Å²) in [6.45, 7) is 4.57. The largest absolute Gasteiger partial charge is 0.461 e. The van der Waals surface area contributed by atoms with Crippen LogP contribution >= 0.6 is 11.6 Å². The fourth-order valence-electron chi connectivity index (χ4n) is 8.01. The summed E-state index contributed by atoms with van der Waals surface area (Å²) < 4.78 is 74.8. The first-order valence-electron chi connectivity index (χ1n) is 17.1. The van der Waals surface area contributed by atoms with E-state index in [1.807, 2.05) is 10.2 Å². The van der Waals surface area contributed by atoms with Gasteiger partial charge in [-0.1, -0.05) is 11.6 Å². The summed E-state index contributed by atoms with van der Waals surface area (Å²) in [7, 11) is 5.12. The highest BCUT2D eigenvalue weighted by Gasteiger charge is 2.47. The van der Waals surface area contributed by atoms with Crippen LogP contribution in [0.15, 0.2) is 34.8 Å². The molecule has 0 amide bonds. The normalized spacial score (nSPS) is 25.2. The van der Waals surface area contributed by atoms with Crippen LogP contribution in [0.1, 0.15) is 59.7 Å².